The minimum absolute atomic E-state index is 0.0812. The Bertz CT molecular complexity index is 883. The first-order chi connectivity index (χ1) is 13.4. The second-order valence-electron chi connectivity index (χ2n) is 6.80. The van der Waals surface area contributed by atoms with E-state index in [1.807, 2.05) is 24.3 Å². The van der Waals surface area contributed by atoms with Crippen LogP contribution in [-0.2, 0) is 20.8 Å². The summed E-state index contributed by atoms with van der Waals surface area (Å²) >= 11 is 5.96. The molecule has 1 heterocycles. The lowest BCUT2D eigenvalue weighted by molar-refractivity contribution is -0.126. The van der Waals surface area contributed by atoms with Crippen LogP contribution >= 0.6 is 11.6 Å². The van der Waals surface area contributed by atoms with Gasteiger partial charge < -0.3 is 15.5 Å². The Morgan fingerprint density at radius 3 is 2.61 bits per heavy atom. The van der Waals surface area contributed by atoms with Gasteiger partial charge in [-0.05, 0) is 48.4 Å². The first kappa shape index (κ1) is 19.9. The van der Waals surface area contributed by atoms with Crippen LogP contribution < -0.4 is 15.5 Å². The Kier molecular flexibility index (Phi) is 6.31. The van der Waals surface area contributed by atoms with E-state index in [-0.39, 0.29) is 30.1 Å². The summed E-state index contributed by atoms with van der Waals surface area (Å²) in [5, 5.41) is 6.27. The highest BCUT2D eigenvalue weighted by Gasteiger charge is 2.34. The molecule has 6 nitrogen and oxygen atoms in total. The fourth-order valence-electron chi connectivity index (χ4n) is 3.23. The molecule has 1 fully saturated rings. The minimum Gasteiger partial charge on any atom is -0.355 e. The Labute approximate surface area is 168 Å². The molecule has 146 valence electrons. The van der Waals surface area contributed by atoms with Crippen LogP contribution in [0.15, 0.2) is 48.5 Å². The van der Waals surface area contributed by atoms with E-state index in [4.69, 9.17) is 11.6 Å². The molecule has 2 N–H and O–H groups in total. The van der Waals surface area contributed by atoms with Gasteiger partial charge >= 0.3 is 0 Å². The molecule has 3 amide bonds. The zero-order valence-electron chi connectivity index (χ0n) is 15.6. The van der Waals surface area contributed by atoms with Crippen molar-refractivity contribution in [3.8, 4) is 0 Å². The van der Waals surface area contributed by atoms with Crippen LogP contribution in [0.25, 0.3) is 0 Å². The summed E-state index contributed by atoms with van der Waals surface area (Å²) in [5.74, 6) is -0.726. The number of nitrogens with zero attached hydrogens (tertiary/aromatic N) is 1. The molecule has 1 aliphatic rings. The summed E-state index contributed by atoms with van der Waals surface area (Å²) < 4.78 is 0. The number of rotatable bonds is 6. The molecule has 0 radical (unpaired) electrons. The van der Waals surface area contributed by atoms with Gasteiger partial charge in [-0.3, -0.25) is 14.4 Å². The molecule has 1 saturated heterocycles. The van der Waals surface area contributed by atoms with E-state index in [1.54, 1.807) is 29.2 Å². The molecule has 0 saturated carbocycles. The first-order valence-corrected chi connectivity index (χ1v) is 9.50. The maximum Gasteiger partial charge on any atom is 0.227 e. The normalized spacial score (nSPS) is 16.1. The van der Waals surface area contributed by atoms with Crippen molar-refractivity contribution in [3.05, 3.63) is 59.1 Å². The summed E-state index contributed by atoms with van der Waals surface area (Å²) in [4.78, 5) is 37.5. The van der Waals surface area contributed by atoms with Gasteiger partial charge in [0.2, 0.25) is 17.7 Å². The summed E-state index contributed by atoms with van der Waals surface area (Å²) in [6.45, 7) is 2.28. The Morgan fingerprint density at radius 1 is 1.18 bits per heavy atom. The van der Waals surface area contributed by atoms with Gasteiger partial charge in [-0.1, -0.05) is 23.7 Å². The minimum atomic E-state index is -0.373. The van der Waals surface area contributed by atoms with Gasteiger partial charge in [-0.25, -0.2) is 0 Å². The summed E-state index contributed by atoms with van der Waals surface area (Å²) in [6, 6.07) is 14.5. The van der Waals surface area contributed by atoms with Gasteiger partial charge in [-0.2, -0.15) is 0 Å². The van der Waals surface area contributed by atoms with Crippen molar-refractivity contribution in [1.29, 1.82) is 0 Å². The van der Waals surface area contributed by atoms with Crippen molar-refractivity contribution in [2.24, 2.45) is 5.92 Å². The smallest absolute Gasteiger partial charge is 0.227 e. The summed E-state index contributed by atoms with van der Waals surface area (Å²) in [6.07, 6.45) is 0.873. The molecule has 0 bridgehead atoms. The molecule has 7 heteroatoms. The lowest BCUT2D eigenvalue weighted by Crippen LogP contribution is -2.34. The zero-order valence-corrected chi connectivity index (χ0v) is 16.3. The first-order valence-electron chi connectivity index (χ1n) is 9.12. The van der Waals surface area contributed by atoms with E-state index in [0.29, 0.717) is 35.9 Å². The third-order valence-corrected chi connectivity index (χ3v) is 4.83. The SMILES string of the molecule is CC(=O)Nc1ccc(N2CC(C(=O)NCCc3cccc(Cl)c3)CC2=O)cc1. The predicted molar refractivity (Wildman–Crippen MR) is 109 cm³/mol. The standard InChI is InChI=1S/C21H22ClN3O3/c1-14(26)24-18-5-7-19(8-6-18)25-13-16(12-20(25)27)21(28)23-10-9-15-3-2-4-17(22)11-15/h2-8,11,16H,9-10,12-13H2,1H3,(H,23,28)(H,24,26). The molecule has 2 aromatic rings. The molecule has 3 rings (SSSR count). The van der Waals surface area contributed by atoms with Crippen molar-refractivity contribution >= 4 is 40.7 Å². The Morgan fingerprint density at radius 2 is 1.93 bits per heavy atom. The number of amides is 3. The maximum atomic E-state index is 12.4. The van der Waals surface area contributed by atoms with Crippen molar-refractivity contribution in [1.82, 2.24) is 5.32 Å². The van der Waals surface area contributed by atoms with Crippen LogP contribution in [-0.4, -0.2) is 30.8 Å². The zero-order chi connectivity index (χ0) is 20.1. The maximum absolute atomic E-state index is 12.4. The highest BCUT2D eigenvalue weighted by atomic mass is 35.5. The highest BCUT2D eigenvalue weighted by molar-refractivity contribution is 6.30. The van der Waals surface area contributed by atoms with E-state index in [1.165, 1.54) is 6.92 Å². The van der Waals surface area contributed by atoms with Gasteiger partial charge in [0.05, 0.1) is 5.92 Å². The monoisotopic (exact) mass is 399 g/mol. The lowest BCUT2D eigenvalue weighted by atomic mass is 10.1. The molecule has 28 heavy (non-hydrogen) atoms. The number of hydrogen-bond acceptors (Lipinski definition) is 3. The molecular formula is C21H22ClN3O3. The third kappa shape index (κ3) is 5.10. The van der Waals surface area contributed by atoms with Crippen LogP contribution in [0, 0.1) is 5.92 Å². The second kappa shape index (κ2) is 8.89. The highest BCUT2D eigenvalue weighted by Crippen LogP contribution is 2.26. The van der Waals surface area contributed by atoms with Gasteiger partial charge in [0.1, 0.15) is 0 Å². The molecule has 2 aromatic carbocycles. The fourth-order valence-corrected chi connectivity index (χ4v) is 3.44. The number of halogens is 1. The number of anilines is 2. The van der Waals surface area contributed by atoms with Crippen molar-refractivity contribution < 1.29 is 14.4 Å². The second-order valence-corrected chi connectivity index (χ2v) is 7.24. The van der Waals surface area contributed by atoms with Crippen LogP contribution in [0.2, 0.25) is 5.02 Å². The number of nitrogens with one attached hydrogen (secondary N) is 2. The quantitative estimate of drug-likeness (QED) is 0.783. The topological polar surface area (TPSA) is 78.5 Å². The fraction of sp³-hybridized carbons (Fsp3) is 0.286. The van der Waals surface area contributed by atoms with Gasteiger partial charge in [0.25, 0.3) is 0 Å². The van der Waals surface area contributed by atoms with Gasteiger partial charge in [0.15, 0.2) is 0 Å². The Balaban J connectivity index is 1.53. The van der Waals surface area contributed by atoms with Crippen LogP contribution in [0.3, 0.4) is 0 Å². The van der Waals surface area contributed by atoms with Crippen molar-refractivity contribution in [2.75, 3.05) is 23.3 Å². The lowest BCUT2D eigenvalue weighted by Gasteiger charge is -2.17. The van der Waals surface area contributed by atoms with Crippen molar-refractivity contribution in [3.63, 3.8) is 0 Å². The number of carbonyl (C=O) groups is 3. The number of benzene rings is 2. The summed E-state index contributed by atoms with van der Waals surface area (Å²) in [7, 11) is 0. The van der Waals surface area contributed by atoms with Gasteiger partial charge in [-0.15, -0.1) is 0 Å². The average molecular weight is 400 g/mol. The number of hydrogen-bond donors (Lipinski definition) is 2. The van der Waals surface area contributed by atoms with E-state index in [9.17, 15) is 14.4 Å². The van der Waals surface area contributed by atoms with Gasteiger partial charge in [0, 0.05) is 42.8 Å². The van der Waals surface area contributed by atoms with Crippen LogP contribution in [0.1, 0.15) is 18.9 Å². The summed E-state index contributed by atoms with van der Waals surface area (Å²) in [5.41, 5.74) is 2.43. The number of carbonyl (C=O) groups excluding carboxylic acids is 3. The molecule has 1 atom stereocenters. The predicted octanol–water partition coefficient (Wildman–Crippen LogP) is 3.01. The Hall–Kier alpha value is -2.86. The molecule has 1 aliphatic heterocycles. The average Bonchev–Trinajstić information content (AvgIpc) is 3.04. The molecule has 0 spiro atoms. The van der Waals surface area contributed by atoms with Crippen molar-refractivity contribution in [2.45, 2.75) is 19.8 Å². The molecule has 0 aliphatic carbocycles. The van der Waals surface area contributed by atoms with E-state index in [2.05, 4.69) is 10.6 Å². The third-order valence-electron chi connectivity index (χ3n) is 4.60. The molecule has 1 unspecified atom stereocenters. The van der Waals surface area contributed by atoms with E-state index in [0.717, 1.165) is 5.56 Å². The largest absolute Gasteiger partial charge is 0.355 e. The molecule has 0 aromatic heterocycles. The van der Waals surface area contributed by atoms with Crippen LogP contribution in [0.4, 0.5) is 11.4 Å². The molecular weight excluding hydrogens is 378 g/mol. The van der Waals surface area contributed by atoms with E-state index < -0.39 is 0 Å². The van der Waals surface area contributed by atoms with Crippen LogP contribution in [0.5, 0.6) is 0 Å². The van der Waals surface area contributed by atoms with E-state index >= 15 is 0 Å².